The summed E-state index contributed by atoms with van der Waals surface area (Å²) in [5.41, 5.74) is 9.47. The summed E-state index contributed by atoms with van der Waals surface area (Å²) in [7, 11) is 0. The van der Waals surface area contributed by atoms with Gasteiger partial charge in [-0.15, -0.1) is 0 Å². The second kappa shape index (κ2) is 11.2. The van der Waals surface area contributed by atoms with Crippen molar-refractivity contribution in [3.05, 3.63) is 113 Å². The lowest BCUT2D eigenvalue weighted by molar-refractivity contribution is -0.136. The molecule has 0 aliphatic rings. The van der Waals surface area contributed by atoms with Crippen molar-refractivity contribution in [3.63, 3.8) is 0 Å². The molecule has 36 heavy (non-hydrogen) atoms. The van der Waals surface area contributed by atoms with Crippen molar-refractivity contribution in [3.8, 4) is 16.9 Å². The molecule has 0 unspecified atom stereocenters. The van der Waals surface area contributed by atoms with Gasteiger partial charge in [-0.3, -0.25) is 14.6 Å². The van der Waals surface area contributed by atoms with Crippen molar-refractivity contribution in [2.24, 2.45) is 5.73 Å². The smallest absolute Gasteiger partial charge is 0.307 e. The van der Waals surface area contributed by atoms with Crippen LogP contribution in [0.3, 0.4) is 0 Å². The summed E-state index contributed by atoms with van der Waals surface area (Å²) in [6.07, 6.45) is 3.08. The zero-order chi connectivity index (χ0) is 25.5. The van der Waals surface area contributed by atoms with E-state index in [0.717, 1.165) is 5.56 Å². The number of hydrogen-bond acceptors (Lipinski definition) is 5. The van der Waals surface area contributed by atoms with Crippen LogP contribution in [0.4, 0.5) is 10.1 Å². The number of carbonyl (C=O) groups excluding carboxylic acids is 1. The van der Waals surface area contributed by atoms with Gasteiger partial charge in [-0.1, -0.05) is 18.2 Å². The number of halogens is 1. The third-order valence-corrected chi connectivity index (χ3v) is 5.46. The number of nitrogens with zero attached hydrogens (tertiary/aromatic N) is 1. The van der Waals surface area contributed by atoms with E-state index >= 15 is 0 Å². The summed E-state index contributed by atoms with van der Waals surface area (Å²) in [4.78, 5) is 28.4. The first kappa shape index (κ1) is 24.6. The maximum atomic E-state index is 14.2. The lowest BCUT2D eigenvalue weighted by Crippen LogP contribution is -2.15. The van der Waals surface area contributed by atoms with E-state index in [-0.39, 0.29) is 25.1 Å². The number of carbonyl (C=O) groups is 2. The van der Waals surface area contributed by atoms with Gasteiger partial charge in [-0.25, -0.2) is 4.39 Å². The van der Waals surface area contributed by atoms with Crippen LogP contribution in [0.5, 0.6) is 5.75 Å². The van der Waals surface area contributed by atoms with Crippen molar-refractivity contribution in [1.82, 2.24) is 4.98 Å². The van der Waals surface area contributed by atoms with E-state index in [2.05, 4.69) is 10.3 Å². The van der Waals surface area contributed by atoms with Gasteiger partial charge in [-0.2, -0.15) is 0 Å². The highest BCUT2D eigenvalue weighted by Crippen LogP contribution is 2.29. The van der Waals surface area contributed by atoms with E-state index in [0.29, 0.717) is 33.7 Å². The molecule has 0 aliphatic carbocycles. The van der Waals surface area contributed by atoms with Crippen LogP contribution in [0, 0.1) is 5.82 Å². The van der Waals surface area contributed by atoms with Crippen molar-refractivity contribution in [2.75, 3.05) is 5.32 Å². The normalized spacial score (nSPS) is 10.6. The van der Waals surface area contributed by atoms with Crippen LogP contribution in [0.25, 0.3) is 11.1 Å². The number of anilines is 1. The molecule has 4 aromatic rings. The van der Waals surface area contributed by atoms with E-state index in [1.165, 1.54) is 12.1 Å². The molecule has 0 bridgehead atoms. The summed E-state index contributed by atoms with van der Waals surface area (Å²) in [6, 6.07) is 19.8. The lowest BCUT2D eigenvalue weighted by atomic mass is 9.99. The third kappa shape index (κ3) is 6.31. The third-order valence-electron chi connectivity index (χ3n) is 5.46. The fraction of sp³-hybridized carbons (Fsp3) is 0.107. The molecule has 1 aromatic heterocycles. The number of benzene rings is 3. The molecule has 3 aromatic carbocycles. The highest BCUT2D eigenvalue weighted by molar-refractivity contribution is 6.06. The second-order valence-corrected chi connectivity index (χ2v) is 8.12. The molecule has 0 aliphatic heterocycles. The minimum absolute atomic E-state index is 0.163. The van der Waals surface area contributed by atoms with Crippen LogP contribution in [0.15, 0.2) is 85.2 Å². The number of carboxylic acids is 1. The number of hydrogen-bond donors (Lipinski definition) is 3. The fourth-order valence-electron chi connectivity index (χ4n) is 3.71. The quantitative estimate of drug-likeness (QED) is 0.314. The Bertz CT molecular complexity index is 1390. The standard InChI is InChI=1S/C28H24FN3O4/c29-24-10-19(16-30)9-21(12-24)22-11-23(14-25(13-22)36-17-18-5-7-31-8-6-18)28(35)32-26-4-2-1-3-20(26)15-27(33)34/h1-14H,15-17,30H2,(H,32,35)(H,33,34). The predicted molar refractivity (Wildman–Crippen MR) is 134 cm³/mol. The Kier molecular flexibility index (Phi) is 7.67. The number of carboxylic acid groups (broad SMARTS) is 1. The minimum atomic E-state index is -1.01. The van der Waals surface area contributed by atoms with Gasteiger partial charge in [0.2, 0.25) is 0 Å². The van der Waals surface area contributed by atoms with E-state index in [9.17, 15) is 19.1 Å². The number of amides is 1. The van der Waals surface area contributed by atoms with Gasteiger partial charge in [-0.05, 0) is 82.4 Å². The molecule has 4 rings (SSSR count). The Morgan fingerprint density at radius 1 is 0.944 bits per heavy atom. The Hall–Kier alpha value is -4.56. The summed E-state index contributed by atoms with van der Waals surface area (Å²) in [5.74, 6) is -1.50. The molecule has 0 radical (unpaired) electrons. The predicted octanol–water partition coefficient (Wildman–Crippen LogP) is 4.80. The molecule has 8 heteroatoms. The summed E-state index contributed by atoms with van der Waals surface area (Å²) in [5, 5.41) is 12.0. The number of nitrogens with two attached hydrogens (primary N) is 1. The number of pyridine rings is 1. The minimum Gasteiger partial charge on any atom is -0.489 e. The first-order valence-corrected chi connectivity index (χ1v) is 11.2. The summed E-state index contributed by atoms with van der Waals surface area (Å²) < 4.78 is 20.2. The van der Waals surface area contributed by atoms with Crippen molar-refractivity contribution in [2.45, 2.75) is 19.6 Å². The van der Waals surface area contributed by atoms with Crippen molar-refractivity contribution in [1.29, 1.82) is 0 Å². The second-order valence-electron chi connectivity index (χ2n) is 8.12. The highest BCUT2D eigenvalue weighted by Gasteiger charge is 2.15. The zero-order valence-electron chi connectivity index (χ0n) is 19.3. The monoisotopic (exact) mass is 485 g/mol. The van der Waals surface area contributed by atoms with Crippen LogP contribution in [0.2, 0.25) is 0 Å². The van der Waals surface area contributed by atoms with Crippen LogP contribution < -0.4 is 15.8 Å². The van der Waals surface area contributed by atoms with Crippen LogP contribution in [-0.2, 0) is 24.4 Å². The average Bonchev–Trinajstić information content (AvgIpc) is 2.88. The molecule has 0 fully saturated rings. The largest absolute Gasteiger partial charge is 0.489 e. The topological polar surface area (TPSA) is 115 Å². The SMILES string of the molecule is NCc1cc(F)cc(-c2cc(OCc3ccncc3)cc(C(=O)Nc3ccccc3CC(=O)O)c2)c1. The summed E-state index contributed by atoms with van der Waals surface area (Å²) >= 11 is 0. The van der Waals surface area contributed by atoms with Crippen molar-refractivity contribution >= 4 is 17.6 Å². The van der Waals surface area contributed by atoms with Gasteiger partial charge in [0.25, 0.3) is 5.91 Å². The molecule has 0 saturated carbocycles. The molecule has 0 atom stereocenters. The number of aromatic nitrogens is 1. The molecular weight excluding hydrogens is 461 g/mol. The maximum absolute atomic E-state index is 14.2. The Balaban J connectivity index is 1.69. The Morgan fingerprint density at radius 2 is 1.69 bits per heavy atom. The number of rotatable bonds is 9. The lowest BCUT2D eigenvalue weighted by Gasteiger charge is -2.14. The molecule has 0 spiro atoms. The molecular formula is C28H24FN3O4. The first-order valence-electron chi connectivity index (χ1n) is 11.2. The van der Waals surface area contributed by atoms with Crippen LogP contribution >= 0.6 is 0 Å². The average molecular weight is 486 g/mol. The fourth-order valence-corrected chi connectivity index (χ4v) is 3.71. The van der Waals surface area contributed by atoms with Crippen LogP contribution in [0.1, 0.15) is 27.0 Å². The van der Waals surface area contributed by atoms with Gasteiger partial charge in [0.1, 0.15) is 18.2 Å². The zero-order valence-corrected chi connectivity index (χ0v) is 19.3. The van der Waals surface area contributed by atoms with E-state index in [4.69, 9.17) is 10.5 Å². The maximum Gasteiger partial charge on any atom is 0.307 e. The molecule has 1 heterocycles. The number of ether oxygens (including phenoxy) is 1. The van der Waals surface area contributed by atoms with Crippen LogP contribution in [-0.4, -0.2) is 22.0 Å². The van der Waals surface area contributed by atoms with E-state index in [1.54, 1.807) is 60.9 Å². The number of nitrogens with one attached hydrogen (secondary N) is 1. The molecule has 1 amide bonds. The first-order chi connectivity index (χ1) is 17.4. The van der Waals surface area contributed by atoms with Crippen molar-refractivity contribution < 1.29 is 23.8 Å². The van der Waals surface area contributed by atoms with E-state index < -0.39 is 17.7 Å². The Labute approximate surface area is 207 Å². The van der Waals surface area contributed by atoms with E-state index in [1.807, 2.05) is 12.1 Å². The number of aliphatic carboxylic acids is 1. The molecule has 7 nitrogen and oxygen atoms in total. The number of para-hydroxylation sites is 1. The molecule has 182 valence electrons. The van der Waals surface area contributed by atoms with Gasteiger partial charge in [0.15, 0.2) is 0 Å². The highest BCUT2D eigenvalue weighted by atomic mass is 19.1. The Morgan fingerprint density at radius 3 is 2.44 bits per heavy atom. The summed E-state index contributed by atoms with van der Waals surface area (Å²) in [6.45, 7) is 0.405. The van der Waals surface area contributed by atoms with Gasteiger partial charge >= 0.3 is 5.97 Å². The molecule has 4 N–H and O–H groups in total. The van der Waals surface area contributed by atoms with Gasteiger partial charge < -0.3 is 20.9 Å². The van der Waals surface area contributed by atoms with Gasteiger partial charge in [0, 0.05) is 30.2 Å². The van der Waals surface area contributed by atoms with Gasteiger partial charge in [0.05, 0.1) is 6.42 Å². The molecule has 0 saturated heterocycles.